The summed E-state index contributed by atoms with van der Waals surface area (Å²) >= 11 is 0.304. The molecule has 9 rings (SSSR count). The SMILES string of the molecule is c1ccc(-c2ccc(N(c3cccc(-c4ccccc4)c3)c3cccc(-c4ccc5ccc6c7ccccc7[se]c6c5c4)c3)cc2)cc1. The van der Waals surface area contributed by atoms with Crippen LogP contribution in [0.3, 0.4) is 0 Å². The Kier molecular flexibility index (Phi) is 7.24. The fourth-order valence-electron chi connectivity index (χ4n) is 6.84. The largest absolute Gasteiger partial charge is 0.0617 e. The predicted molar refractivity (Wildman–Crippen MR) is 207 cm³/mol. The third-order valence-corrected chi connectivity index (χ3v) is 11.8. The molecule has 1 heterocycles. The second-order valence-corrected chi connectivity index (χ2v) is 14.4. The van der Waals surface area contributed by atoms with Gasteiger partial charge in [-0.25, -0.2) is 0 Å². The van der Waals surface area contributed by atoms with Crippen LogP contribution in [-0.2, 0) is 0 Å². The first-order valence-electron chi connectivity index (χ1n) is 16.3. The van der Waals surface area contributed by atoms with E-state index in [2.05, 4.69) is 193 Å². The Hall–Kier alpha value is -5.66. The number of benzene rings is 8. The summed E-state index contributed by atoms with van der Waals surface area (Å²) in [5, 5.41) is 5.47. The molecule has 0 fully saturated rings. The van der Waals surface area contributed by atoms with E-state index in [1.165, 1.54) is 63.4 Å². The topological polar surface area (TPSA) is 3.24 Å². The Balaban J connectivity index is 1.17. The van der Waals surface area contributed by atoms with Crippen LogP contribution in [0, 0.1) is 0 Å². The summed E-state index contributed by atoms with van der Waals surface area (Å²) in [6, 6.07) is 68.5. The number of nitrogens with zero attached hydrogens (tertiary/aromatic N) is 1. The van der Waals surface area contributed by atoms with Crippen molar-refractivity contribution in [1.82, 2.24) is 0 Å². The molecule has 0 aliphatic rings. The van der Waals surface area contributed by atoms with E-state index in [4.69, 9.17) is 0 Å². The summed E-state index contributed by atoms with van der Waals surface area (Å²) in [6.45, 7) is 0. The molecule has 0 bridgehead atoms. The van der Waals surface area contributed by atoms with Gasteiger partial charge in [0.25, 0.3) is 0 Å². The van der Waals surface area contributed by atoms with Gasteiger partial charge in [0.2, 0.25) is 0 Å². The van der Waals surface area contributed by atoms with Gasteiger partial charge in [0.1, 0.15) is 0 Å². The van der Waals surface area contributed by atoms with Gasteiger partial charge in [-0.2, -0.15) is 0 Å². The maximum absolute atomic E-state index is 2.41. The predicted octanol–water partition coefficient (Wildman–Crippen LogP) is 12.7. The van der Waals surface area contributed by atoms with Crippen LogP contribution in [0.15, 0.2) is 188 Å². The zero-order valence-corrected chi connectivity index (χ0v) is 28.0. The van der Waals surface area contributed by atoms with Crippen LogP contribution in [0.25, 0.3) is 63.4 Å². The van der Waals surface area contributed by atoms with E-state index in [1.807, 2.05) is 0 Å². The molecule has 0 amide bonds. The standard InChI is InChI=1S/C46H31NSe/c1-3-11-32(12-4-1)34-23-26-39(27-24-34)47(40-17-9-15-36(29-40)33-13-5-2-6-14-33)41-18-10-16-37(30-41)38-22-21-35-25-28-43-42-19-7-8-20-45(42)48-46(43)44(35)31-38/h1-31H. The molecular weight excluding hydrogens is 645 g/mol. The van der Waals surface area contributed by atoms with Crippen molar-refractivity contribution in [3.05, 3.63) is 188 Å². The molecule has 1 aromatic heterocycles. The summed E-state index contributed by atoms with van der Waals surface area (Å²) in [5.74, 6) is 0. The van der Waals surface area contributed by atoms with Crippen LogP contribution < -0.4 is 4.90 Å². The van der Waals surface area contributed by atoms with Gasteiger partial charge in [-0.05, 0) is 5.56 Å². The molecule has 0 atom stereocenters. The minimum Gasteiger partial charge on any atom is -0.0617 e. The number of hydrogen-bond acceptors (Lipinski definition) is 1. The van der Waals surface area contributed by atoms with Crippen molar-refractivity contribution in [2.45, 2.75) is 0 Å². The third kappa shape index (κ3) is 5.22. The monoisotopic (exact) mass is 677 g/mol. The van der Waals surface area contributed by atoms with Crippen molar-refractivity contribution >= 4 is 61.6 Å². The maximum atomic E-state index is 2.41. The fraction of sp³-hybridized carbons (Fsp3) is 0. The molecule has 1 nitrogen and oxygen atoms in total. The van der Waals surface area contributed by atoms with Crippen LogP contribution in [0.4, 0.5) is 17.1 Å². The van der Waals surface area contributed by atoms with E-state index in [0.29, 0.717) is 14.5 Å². The van der Waals surface area contributed by atoms with Gasteiger partial charge < -0.3 is 0 Å². The molecule has 0 aliphatic heterocycles. The van der Waals surface area contributed by atoms with Gasteiger partial charge in [0, 0.05) is 0 Å². The molecule has 0 saturated heterocycles. The Bertz CT molecular complexity index is 2550. The molecule has 0 N–H and O–H groups in total. The molecule has 0 aliphatic carbocycles. The average molecular weight is 677 g/mol. The first kappa shape index (κ1) is 28.6. The smallest absolute Gasteiger partial charge is 0.0544 e. The van der Waals surface area contributed by atoms with Crippen molar-refractivity contribution in [2.75, 3.05) is 4.90 Å². The van der Waals surface area contributed by atoms with Gasteiger partial charge in [0.15, 0.2) is 0 Å². The van der Waals surface area contributed by atoms with Gasteiger partial charge in [-0.3, -0.25) is 0 Å². The first-order chi connectivity index (χ1) is 23.8. The fourth-order valence-corrected chi connectivity index (χ4v) is 9.42. The molecule has 0 spiro atoms. The van der Waals surface area contributed by atoms with Crippen molar-refractivity contribution in [3.63, 3.8) is 0 Å². The average Bonchev–Trinajstić information content (AvgIpc) is 3.55. The van der Waals surface area contributed by atoms with Crippen molar-refractivity contribution in [3.8, 4) is 33.4 Å². The zero-order valence-electron chi connectivity index (χ0n) is 26.3. The Morgan fingerprint density at radius 2 is 0.833 bits per heavy atom. The molecule has 0 saturated carbocycles. The molecule has 48 heavy (non-hydrogen) atoms. The van der Waals surface area contributed by atoms with Crippen molar-refractivity contribution in [1.29, 1.82) is 0 Å². The Morgan fingerprint density at radius 3 is 1.54 bits per heavy atom. The van der Waals surface area contributed by atoms with Crippen LogP contribution in [0.1, 0.15) is 0 Å². The number of fused-ring (bicyclic) bond motifs is 5. The van der Waals surface area contributed by atoms with E-state index in [-0.39, 0.29) is 0 Å². The molecule has 2 heteroatoms. The van der Waals surface area contributed by atoms with E-state index < -0.39 is 0 Å². The summed E-state index contributed by atoms with van der Waals surface area (Å²) in [6.07, 6.45) is 0. The quantitative estimate of drug-likeness (QED) is 0.159. The summed E-state index contributed by atoms with van der Waals surface area (Å²) in [4.78, 5) is 2.38. The zero-order chi connectivity index (χ0) is 31.9. The van der Waals surface area contributed by atoms with Crippen molar-refractivity contribution in [2.24, 2.45) is 0 Å². The molecule has 0 radical (unpaired) electrons. The summed E-state index contributed by atoms with van der Waals surface area (Å²) in [7, 11) is 0. The molecular formula is C46H31NSe. The molecule has 226 valence electrons. The first-order valence-corrected chi connectivity index (χ1v) is 18.1. The second kappa shape index (κ2) is 12.2. The Labute approximate surface area is 286 Å². The van der Waals surface area contributed by atoms with Crippen LogP contribution in [-0.4, -0.2) is 14.5 Å². The van der Waals surface area contributed by atoms with Gasteiger partial charge in [0.05, 0.1) is 0 Å². The van der Waals surface area contributed by atoms with E-state index in [1.54, 1.807) is 0 Å². The maximum Gasteiger partial charge on any atom is -0.0544 e. The van der Waals surface area contributed by atoms with Crippen molar-refractivity contribution < 1.29 is 0 Å². The number of anilines is 3. The van der Waals surface area contributed by atoms with Gasteiger partial charge >= 0.3 is 222 Å². The molecule has 9 aromatic rings. The van der Waals surface area contributed by atoms with E-state index in [9.17, 15) is 0 Å². The van der Waals surface area contributed by atoms with Gasteiger partial charge in [-0.1, -0.05) is 60.7 Å². The minimum absolute atomic E-state index is 0.304. The van der Waals surface area contributed by atoms with Gasteiger partial charge in [-0.15, -0.1) is 0 Å². The van der Waals surface area contributed by atoms with E-state index >= 15 is 0 Å². The third-order valence-electron chi connectivity index (χ3n) is 9.24. The molecule has 0 unspecified atom stereocenters. The summed E-state index contributed by atoms with van der Waals surface area (Å²) in [5.41, 5.74) is 10.6. The van der Waals surface area contributed by atoms with Crippen LogP contribution in [0.2, 0.25) is 0 Å². The number of rotatable bonds is 6. The second-order valence-electron chi connectivity index (χ2n) is 12.2. The number of hydrogen-bond donors (Lipinski definition) is 0. The molecule has 8 aromatic carbocycles. The summed E-state index contributed by atoms with van der Waals surface area (Å²) < 4.78 is 2.98. The van der Waals surface area contributed by atoms with Crippen LogP contribution in [0.5, 0.6) is 0 Å². The normalized spacial score (nSPS) is 11.3. The minimum atomic E-state index is 0.304. The van der Waals surface area contributed by atoms with Crippen LogP contribution >= 0.6 is 0 Å². The van der Waals surface area contributed by atoms with E-state index in [0.717, 1.165) is 17.1 Å². The Morgan fingerprint density at radius 1 is 0.312 bits per heavy atom.